The van der Waals surface area contributed by atoms with Crippen LogP contribution in [0.2, 0.25) is 5.02 Å². The van der Waals surface area contributed by atoms with Crippen LogP contribution < -0.4 is 0 Å². The molecule has 0 spiro atoms. The molecule has 2 aliphatic heterocycles. The number of aliphatic hydroxyl groups is 1. The quantitative estimate of drug-likeness (QED) is 0.879. The van der Waals surface area contributed by atoms with Gasteiger partial charge in [-0.2, -0.15) is 0 Å². The van der Waals surface area contributed by atoms with Crippen molar-refractivity contribution in [3.8, 4) is 0 Å². The van der Waals surface area contributed by atoms with E-state index in [4.69, 9.17) is 16.3 Å². The summed E-state index contributed by atoms with van der Waals surface area (Å²) in [6, 6.07) is 6.28. The summed E-state index contributed by atoms with van der Waals surface area (Å²) >= 11 is 6.31. The Morgan fingerprint density at radius 3 is 2.80 bits per heavy atom. The number of rotatable bonds is 3. The molecule has 2 N–H and O–H groups in total. The second kappa shape index (κ2) is 7.25. The van der Waals surface area contributed by atoms with E-state index in [-0.39, 0.29) is 12.1 Å². The molecule has 2 aromatic rings. The van der Waals surface area contributed by atoms with Crippen molar-refractivity contribution in [3.05, 3.63) is 34.5 Å². The van der Waals surface area contributed by atoms with Gasteiger partial charge in [0.2, 0.25) is 0 Å². The van der Waals surface area contributed by atoms with Crippen molar-refractivity contribution >= 4 is 22.5 Å². The third-order valence-electron chi connectivity index (χ3n) is 5.67. The molecule has 136 valence electrons. The largest absolute Gasteiger partial charge is 0.390 e. The number of H-pyrrole nitrogens is 1. The van der Waals surface area contributed by atoms with Gasteiger partial charge in [0.15, 0.2) is 0 Å². The van der Waals surface area contributed by atoms with Gasteiger partial charge in [-0.25, -0.2) is 0 Å². The highest BCUT2D eigenvalue weighted by Gasteiger charge is 2.33. The van der Waals surface area contributed by atoms with E-state index in [1.807, 2.05) is 12.1 Å². The summed E-state index contributed by atoms with van der Waals surface area (Å²) in [6.07, 6.45) is 0.696. The number of nitrogens with zero attached hydrogens (tertiary/aromatic N) is 2. The van der Waals surface area contributed by atoms with Crippen molar-refractivity contribution in [2.75, 3.05) is 39.4 Å². The van der Waals surface area contributed by atoms with Gasteiger partial charge in [0.25, 0.3) is 0 Å². The van der Waals surface area contributed by atoms with Gasteiger partial charge in [-0.3, -0.25) is 9.80 Å². The molecular formula is C19H26ClN3O2. The first-order valence-corrected chi connectivity index (χ1v) is 9.49. The normalized spacial score (nSPS) is 26.4. The maximum atomic E-state index is 10.7. The average Bonchev–Trinajstić information content (AvgIpc) is 2.94. The van der Waals surface area contributed by atoms with Crippen molar-refractivity contribution in [1.82, 2.24) is 14.8 Å². The number of likely N-dealkylation sites (tertiary alicyclic amines) is 1. The molecule has 1 aromatic carbocycles. The number of hydrogen-bond donors (Lipinski definition) is 2. The standard InChI is InChI=1S/C19H26ClN3O2/c1-13-14-3-2-4-15(20)19(14)21-16(13)11-22-6-5-17(18(24)12-22)23-7-9-25-10-8-23/h2-4,17-18,21,24H,5-12H2,1H3/t17-,18-/m0/s1. The van der Waals surface area contributed by atoms with E-state index in [1.165, 1.54) is 16.6 Å². The first-order chi connectivity index (χ1) is 12.1. The predicted molar refractivity (Wildman–Crippen MR) is 100 cm³/mol. The van der Waals surface area contributed by atoms with E-state index >= 15 is 0 Å². The number of para-hydroxylation sites is 1. The second-order valence-electron chi connectivity index (χ2n) is 7.20. The second-order valence-corrected chi connectivity index (χ2v) is 7.60. The number of morpholine rings is 1. The number of ether oxygens (including phenoxy) is 1. The van der Waals surface area contributed by atoms with Gasteiger partial charge < -0.3 is 14.8 Å². The Balaban J connectivity index is 1.44. The molecule has 2 saturated heterocycles. The highest BCUT2D eigenvalue weighted by molar-refractivity contribution is 6.35. The van der Waals surface area contributed by atoms with Gasteiger partial charge >= 0.3 is 0 Å². The molecule has 0 unspecified atom stereocenters. The SMILES string of the molecule is Cc1c(CN2CC[C@H](N3CCOCC3)[C@@H](O)C2)[nH]c2c(Cl)cccc12. The van der Waals surface area contributed by atoms with E-state index in [1.54, 1.807) is 0 Å². The Bertz CT molecular complexity index is 742. The molecule has 25 heavy (non-hydrogen) atoms. The van der Waals surface area contributed by atoms with E-state index < -0.39 is 0 Å². The fraction of sp³-hybridized carbons (Fsp3) is 0.579. The van der Waals surface area contributed by atoms with Crippen LogP contribution in [0.1, 0.15) is 17.7 Å². The Hall–Kier alpha value is -1.11. The first-order valence-electron chi connectivity index (χ1n) is 9.11. The Morgan fingerprint density at radius 2 is 2.08 bits per heavy atom. The molecule has 5 nitrogen and oxygen atoms in total. The fourth-order valence-electron chi connectivity index (χ4n) is 4.22. The minimum absolute atomic E-state index is 0.262. The van der Waals surface area contributed by atoms with E-state index in [0.717, 1.165) is 56.4 Å². The van der Waals surface area contributed by atoms with Gasteiger partial charge in [0.05, 0.1) is 29.9 Å². The molecule has 4 rings (SSSR count). The summed E-state index contributed by atoms with van der Waals surface area (Å²) in [4.78, 5) is 8.22. The first kappa shape index (κ1) is 17.3. The van der Waals surface area contributed by atoms with Crippen molar-refractivity contribution in [2.24, 2.45) is 0 Å². The van der Waals surface area contributed by atoms with E-state index in [9.17, 15) is 5.11 Å². The van der Waals surface area contributed by atoms with Crippen molar-refractivity contribution in [3.63, 3.8) is 0 Å². The lowest BCUT2D eigenvalue weighted by Crippen LogP contribution is -2.56. The van der Waals surface area contributed by atoms with Crippen molar-refractivity contribution in [1.29, 1.82) is 0 Å². The zero-order valence-corrected chi connectivity index (χ0v) is 15.4. The number of β-amino-alcohol motifs (C(OH)–C–C–N with tert-alkyl or cyclic N) is 1. The molecule has 0 amide bonds. The topological polar surface area (TPSA) is 51.7 Å². The number of aromatic nitrogens is 1. The number of halogens is 1. The lowest BCUT2D eigenvalue weighted by molar-refractivity contribution is -0.0535. The summed E-state index contributed by atoms with van der Waals surface area (Å²) in [5, 5.41) is 12.6. The lowest BCUT2D eigenvalue weighted by Gasteiger charge is -2.43. The Labute approximate surface area is 153 Å². The zero-order chi connectivity index (χ0) is 17.4. The third-order valence-corrected chi connectivity index (χ3v) is 5.99. The number of aromatic amines is 1. The fourth-order valence-corrected chi connectivity index (χ4v) is 4.44. The Morgan fingerprint density at radius 1 is 1.28 bits per heavy atom. The molecule has 0 saturated carbocycles. The van der Waals surface area contributed by atoms with Crippen LogP contribution in [-0.4, -0.2) is 71.4 Å². The molecular weight excluding hydrogens is 338 g/mol. The third kappa shape index (κ3) is 3.44. The molecule has 3 heterocycles. The number of fused-ring (bicyclic) bond motifs is 1. The van der Waals surface area contributed by atoms with Gasteiger partial charge in [0, 0.05) is 49.8 Å². The summed E-state index contributed by atoms with van der Waals surface area (Å²) in [7, 11) is 0. The maximum Gasteiger partial charge on any atom is 0.0822 e. The monoisotopic (exact) mass is 363 g/mol. The van der Waals surface area contributed by atoms with Gasteiger partial charge in [-0.1, -0.05) is 23.7 Å². The molecule has 2 atom stereocenters. The van der Waals surface area contributed by atoms with Crippen LogP contribution in [0, 0.1) is 6.92 Å². The summed E-state index contributed by atoms with van der Waals surface area (Å²) in [5.74, 6) is 0. The highest BCUT2D eigenvalue weighted by Crippen LogP contribution is 2.29. The number of piperidine rings is 1. The molecule has 2 aliphatic rings. The Kier molecular flexibility index (Phi) is 5.02. The van der Waals surface area contributed by atoms with Crippen LogP contribution in [0.5, 0.6) is 0 Å². The van der Waals surface area contributed by atoms with E-state index in [2.05, 4.69) is 27.8 Å². The van der Waals surface area contributed by atoms with Gasteiger partial charge in [-0.05, 0) is 25.0 Å². The molecule has 0 radical (unpaired) electrons. The number of nitrogens with one attached hydrogen (secondary N) is 1. The number of aliphatic hydroxyl groups excluding tert-OH is 1. The summed E-state index contributed by atoms with van der Waals surface area (Å²) < 4.78 is 5.43. The van der Waals surface area contributed by atoms with Gasteiger partial charge in [0.1, 0.15) is 0 Å². The maximum absolute atomic E-state index is 10.7. The van der Waals surface area contributed by atoms with Crippen molar-refractivity contribution < 1.29 is 9.84 Å². The smallest absolute Gasteiger partial charge is 0.0822 e. The molecule has 1 aromatic heterocycles. The van der Waals surface area contributed by atoms with Crippen LogP contribution in [0.25, 0.3) is 10.9 Å². The number of aryl methyl sites for hydroxylation is 1. The van der Waals surface area contributed by atoms with Crippen LogP contribution >= 0.6 is 11.6 Å². The van der Waals surface area contributed by atoms with E-state index in [0.29, 0.717) is 6.54 Å². The molecule has 0 bridgehead atoms. The number of hydrogen-bond acceptors (Lipinski definition) is 4. The highest BCUT2D eigenvalue weighted by atomic mass is 35.5. The molecule has 2 fully saturated rings. The number of benzene rings is 1. The molecule has 0 aliphatic carbocycles. The van der Waals surface area contributed by atoms with Crippen LogP contribution in [0.4, 0.5) is 0 Å². The van der Waals surface area contributed by atoms with Crippen LogP contribution in [0.3, 0.4) is 0 Å². The summed E-state index contributed by atoms with van der Waals surface area (Å²) in [5.41, 5.74) is 3.46. The van der Waals surface area contributed by atoms with Gasteiger partial charge in [-0.15, -0.1) is 0 Å². The minimum atomic E-state index is -0.305. The van der Waals surface area contributed by atoms with Crippen molar-refractivity contribution in [2.45, 2.75) is 32.0 Å². The average molecular weight is 364 g/mol. The van der Waals surface area contributed by atoms with Crippen LogP contribution in [0.15, 0.2) is 18.2 Å². The minimum Gasteiger partial charge on any atom is -0.390 e. The summed E-state index contributed by atoms with van der Waals surface area (Å²) in [6.45, 7) is 8.10. The lowest BCUT2D eigenvalue weighted by atomic mass is 9.99. The predicted octanol–water partition coefficient (Wildman–Crippen LogP) is 2.40. The van der Waals surface area contributed by atoms with Crippen LogP contribution in [-0.2, 0) is 11.3 Å². The zero-order valence-electron chi connectivity index (χ0n) is 14.7. The molecule has 6 heteroatoms.